The third-order valence-corrected chi connectivity index (χ3v) is 5.44. The Labute approximate surface area is 179 Å². The van der Waals surface area contributed by atoms with Crippen molar-refractivity contribution in [2.45, 2.75) is 19.8 Å². The molecule has 0 bridgehead atoms. The summed E-state index contributed by atoms with van der Waals surface area (Å²) in [7, 11) is 4.69. The molecule has 6 nitrogen and oxygen atoms in total. The smallest absolute Gasteiger partial charge is 0.330 e. The van der Waals surface area contributed by atoms with E-state index in [4.69, 9.17) is 9.47 Å². The minimum Gasteiger partial charge on any atom is -0.494 e. The van der Waals surface area contributed by atoms with Gasteiger partial charge >= 0.3 is 5.97 Å². The Kier molecular flexibility index (Phi) is 5.27. The Hall–Kier alpha value is -3.61. The highest BCUT2D eigenvalue weighted by Crippen LogP contribution is 2.38. The van der Waals surface area contributed by atoms with Gasteiger partial charge in [-0.3, -0.25) is 4.68 Å². The normalized spacial score (nSPS) is 11.8. The molecule has 4 aromatic rings. The number of halogens is 1. The summed E-state index contributed by atoms with van der Waals surface area (Å²) in [5, 5.41) is 6.31. The number of esters is 1. The van der Waals surface area contributed by atoms with Crippen molar-refractivity contribution in [1.29, 1.82) is 0 Å². The number of benzene rings is 2. The number of hydrogen-bond acceptors (Lipinski definition) is 4. The third kappa shape index (κ3) is 3.46. The average molecular weight is 421 g/mol. The van der Waals surface area contributed by atoms with Gasteiger partial charge in [-0.15, -0.1) is 0 Å². The predicted octanol–water partition coefficient (Wildman–Crippen LogP) is 4.97. The van der Waals surface area contributed by atoms with E-state index in [1.165, 1.54) is 26.4 Å². The Morgan fingerprint density at radius 3 is 2.61 bits per heavy atom. The van der Waals surface area contributed by atoms with E-state index >= 15 is 0 Å². The van der Waals surface area contributed by atoms with Gasteiger partial charge in [0.25, 0.3) is 0 Å². The summed E-state index contributed by atoms with van der Waals surface area (Å²) in [4.78, 5) is 11.8. The van der Waals surface area contributed by atoms with E-state index in [2.05, 4.69) is 35.6 Å². The largest absolute Gasteiger partial charge is 0.494 e. The van der Waals surface area contributed by atoms with Gasteiger partial charge in [-0.25, -0.2) is 9.18 Å². The van der Waals surface area contributed by atoms with Gasteiger partial charge in [0.1, 0.15) is 0 Å². The van der Waals surface area contributed by atoms with Crippen LogP contribution in [0, 0.1) is 5.82 Å². The summed E-state index contributed by atoms with van der Waals surface area (Å²) < 4.78 is 28.0. The lowest BCUT2D eigenvalue weighted by Crippen LogP contribution is -2.04. The molecule has 160 valence electrons. The summed E-state index contributed by atoms with van der Waals surface area (Å²) in [5.74, 6) is -0.569. The van der Waals surface area contributed by atoms with E-state index in [1.807, 2.05) is 17.9 Å². The van der Waals surface area contributed by atoms with Gasteiger partial charge in [-0.2, -0.15) is 5.10 Å². The van der Waals surface area contributed by atoms with Gasteiger partial charge < -0.3 is 14.0 Å². The molecule has 31 heavy (non-hydrogen) atoms. The summed E-state index contributed by atoms with van der Waals surface area (Å²) in [6.07, 6.45) is 5.02. The molecular weight excluding hydrogens is 397 g/mol. The number of hydrogen-bond donors (Lipinski definition) is 0. The lowest BCUT2D eigenvalue weighted by Gasteiger charge is -2.16. The highest BCUT2D eigenvalue weighted by atomic mass is 19.1. The summed E-state index contributed by atoms with van der Waals surface area (Å²) in [5.41, 5.74) is 4.58. The molecule has 0 aliphatic rings. The number of ether oxygens (including phenoxy) is 2. The fraction of sp³-hybridized carbons (Fsp3) is 0.250. The second-order valence-corrected chi connectivity index (χ2v) is 7.66. The number of rotatable bonds is 5. The first kappa shape index (κ1) is 20.7. The fourth-order valence-corrected chi connectivity index (χ4v) is 4.01. The van der Waals surface area contributed by atoms with Crippen LogP contribution in [0.5, 0.6) is 5.75 Å². The summed E-state index contributed by atoms with van der Waals surface area (Å²) in [6.45, 7) is 4.17. The maximum atomic E-state index is 14.1. The van der Waals surface area contributed by atoms with Crippen LogP contribution in [0.25, 0.3) is 33.6 Å². The molecule has 2 aromatic carbocycles. The van der Waals surface area contributed by atoms with Crippen LogP contribution < -0.4 is 4.74 Å². The molecule has 0 spiro atoms. The quantitative estimate of drug-likeness (QED) is 0.337. The van der Waals surface area contributed by atoms with Gasteiger partial charge in [0.2, 0.25) is 0 Å². The average Bonchev–Trinajstić information content (AvgIpc) is 3.28. The van der Waals surface area contributed by atoms with Crippen molar-refractivity contribution in [3.8, 4) is 11.4 Å². The first-order valence-electron chi connectivity index (χ1n) is 9.95. The van der Waals surface area contributed by atoms with Crippen LogP contribution in [0.2, 0.25) is 0 Å². The molecule has 0 atom stereocenters. The lowest BCUT2D eigenvalue weighted by molar-refractivity contribution is -0.134. The summed E-state index contributed by atoms with van der Waals surface area (Å²) >= 11 is 0. The van der Waals surface area contributed by atoms with Crippen molar-refractivity contribution in [3.63, 3.8) is 0 Å². The molecule has 0 saturated carbocycles. The molecular formula is C24H24FN3O3. The number of aromatic nitrogens is 3. The number of aryl methyl sites for hydroxylation is 1. The monoisotopic (exact) mass is 421 g/mol. The van der Waals surface area contributed by atoms with Crippen LogP contribution in [-0.2, 0) is 16.6 Å². The van der Waals surface area contributed by atoms with E-state index in [1.54, 1.807) is 18.2 Å². The molecule has 0 radical (unpaired) electrons. The SMILES string of the molecule is COC(=O)/C=C/c1c(C(C)C)n(-c2ccc(F)c(OC)c2)c2cc3cnn(C)c3cc12. The number of methoxy groups -OCH3 is 2. The van der Waals surface area contributed by atoms with Crippen LogP contribution in [0.15, 0.2) is 42.6 Å². The molecule has 0 saturated heterocycles. The minimum atomic E-state index is -0.430. The highest BCUT2D eigenvalue weighted by Gasteiger charge is 2.21. The third-order valence-electron chi connectivity index (χ3n) is 5.44. The molecule has 0 aliphatic heterocycles. The maximum Gasteiger partial charge on any atom is 0.330 e. The standard InChI is InChI=1S/C24H24FN3O3/c1-14(2)24-17(7-9-23(29)31-5)18-12-20-15(13-26-27(20)3)10-21(18)28(24)16-6-8-19(25)22(11-16)30-4/h6-14H,1-5H3/b9-7+. The van der Waals surface area contributed by atoms with Gasteiger partial charge in [-0.05, 0) is 36.3 Å². The van der Waals surface area contributed by atoms with Crippen LogP contribution >= 0.6 is 0 Å². The van der Waals surface area contributed by atoms with Crippen LogP contribution in [0.1, 0.15) is 31.0 Å². The van der Waals surface area contributed by atoms with E-state index in [-0.39, 0.29) is 11.7 Å². The van der Waals surface area contributed by atoms with Gasteiger partial charge in [0, 0.05) is 46.9 Å². The van der Waals surface area contributed by atoms with Crippen molar-refractivity contribution in [2.75, 3.05) is 14.2 Å². The molecule has 2 heterocycles. The van der Waals surface area contributed by atoms with Crippen LogP contribution in [0.4, 0.5) is 4.39 Å². The first-order chi connectivity index (χ1) is 14.8. The zero-order valence-corrected chi connectivity index (χ0v) is 18.1. The predicted molar refractivity (Wildman–Crippen MR) is 119 cm³/mol. The molecule has 0 amide bonds. The van der Waals surface area contributed by atoms with Crippen molar-refractivity contribution < 1.29 is 18.7 Å². The molecule has 0 N–H and O–H groups in total. The minimum absolute atomic E-state index is 0.113. The highest BCUT2D eigenvalue weighted by molar-refractivity contribution is 6.03. The Morgan fingerprint density at radius 2 is 1.94 bits per heavy atom. The van der Waals surface area contributed by atoms with Gasteiger partial charge in [-0.1, -0.05) is 13.8 Å². The zero-order valence-electron chi connectivity index (χ0n) is 18.1. The lowest BCUT2D eigenvalue weighted by atomic mass is 10.0. The van der Waals surface area contributed by atoms with E-state index in [0.717, 1.165) is 38.8 Å². The Bertz CT molecular complexity index is 1330. The first-order valence-corrected chi connectivity index (χ1v) is 9.95. The number of fused-ring (bicyclic) bond motifs is 2. The number of nitrogens with zero attached hydrogens (tertiary/aromatic N) is 3. The molecule has 0 fully saturated rings. The molecule has 0 unspecified atom stereocenters. The zero-order chi connectivity index (χ0) is 22.3. The topological polar surface area (TPSA) is 58.3 Å². The molecule has 0 aliphatic carbocycles. The van der Waals surface area contributed by atoms with Crippen molar-refractivity contribution in [1.82, 2.24) is 14.3 Å². The Morgan fingerprint density at radius 1 is 1.16 bits per heavy atom. The number of carbonyl (C=O) groups excluding carboxylic acids is 1. The fourth-order valence-electron chi connectivity index (χ4n) is 4.01. The molecule has 4 rings (SSSR count). The summed E-state index contributed by atoms with van der Waals surface area (Å²) in [6, 6.07) is 8.94. The Balaban J connectivity index is 2.13. The van der Waals surface area contributed by atoms with Gasteiger partial charge in [0.15, 0.2) is 11.6 Å². The molecule has 7 heteroatoms. The second-order valence-electron chi connectivity index (χ2n) is 7.66. The van der Waals surface area contributed by atoms with E-state index < -0.39 is 11.8 Å². The van der Waals surface area contributed by atoms with E-state index in [9.17, 15) is 9.18 Å². The van der Waals surface area contributed by atoms with Gasteiger partial charge in [0.05, 0.1) is 31.4 Å². The number of carbonyl (C=O) groups is 1. The second kappa shape index (κ2) is 7.91. The van der Waals surface area contributed by atoms with Crippen molar-refractivity contribution in [2.24, 2.45) is 7.05 Å². The molecule has 2 aromatic heterocycles. The van der Waals surface area contributed by atoms with Crippen molar-refractivity contribution in [3.05, 3.63) is 59.7 Å². The van der Waals surface area contributed by atoms with Crippen LogP contribution in [0.3, 0.4) is 0 Å². The maximum absolute atomic E-state index is 14.1. The van der Waals surface area contributed by atoms with Crippen molar-refractivity contribution >= 4 is 33.9 Å². The van der Waals surface area contributed by atoms with Crippen LogP contribution in [-0.4, -0.2) is 34.5 Å². The van der Waals surface area contributed by atoms with E-state index in [0.29, 0.717) is 0 Å².